The van der Waals surface area contributed by atoms with Gasteiger partial charge in [-0.05, 0) is 24.1 Å². The molecule has 0 radical (unpaired) electrons. The Balaban J connectivity index is 2.63. The molecule has 0 aliphatic carbocycles. The van der Waals surface area contributed by atoms with Crippen LogP contribution in [0, 0.1) is 0 Å². The predicted molar refractivity (Wildman–Crippen MR) is 69.8 cm³/mol. The Kier molecular flexibility index (Phi) is 5.26. The lowest BCUT2D eigenvalue weighted by Gasteiger charge is -2.18. The van der Waals surface area contributed by atoms with Crippen molar-refractivity contribution in [3.05, 3.63) is 23.9 Å². The van der Waals surface area contributed by atoms with Crippen molar-refractivity contribution in [2.24, 2.45) is 0 Å². The van der Waals surface area contributed by atoms with E-state index in [0.29, 0.717) is 6.04 Å². The van der Waals surface area contributed by atoms with Gasteiger partial charge in [-0.15, -0.1) is 0 Å². The molecule has 0 saturated heterocycles. The lowest BCUT2D eigenvalue weighted by molar-refractivity contribution is 0.588. The maximum atomic E-state index is 4.38. The summed E-state index contributed by atoms with van der Waals surface area (Å²) in [5, 5.41) is 3.41. The van der Waals surface area contributed by atoms with Crippen LogP contribution in [-0.2, 0) is 6.54 Å². The smallest absolute Gasteiger partial charge is 0.128 e. The molecule has 3 heteroatoms. The molecule has 1 heterocycles. The summed E-state index contributed by atoms with van der Waals surface area (Å²) in [5.41, 5.74) is 1.29. The monoisotopic (exact) mass is 221 g/mol. The van der Waals surface area contributed by atoms with Crippen LogP contribution in [0.25, 0.3) is 0 Å². The number of hydrogen-bond acceptors (Lipinski definition) is 3. The molecule has 0 aliphatic heterocycles. The summed E-state index contributed by atoms with van der Waals surface area (Å²) in [6, 6.07) is 4.74. The van der Waals surface area contributed by atoms with Gasteiger partial charge in [0.2, 0.25) is 0 Å². The quantitative estimate of drug-likeness (QED) is 0.799. The maximum Gasteiger partial charge on any atom is 0.128 e. The van der Waals surface area contributed by atoms with Gasteiger partial charge in [0.25, 0.3) is 0 Å². The summed E-state index contributed by atoms with van der Waals surface area (Å²) in [6.45, 7) is 8.46. The standard InChI is InChI=1S/C13H23N3/c1-5-8-16(4)13-9-12(6-7-14-13)10-15-11(2)3/h6-7,9,11,15H,5,8,10H2,1-4H3. The van der Waals surface area contributed by atoms with Crippen LogP contribution in [0.3, 0.4) is 0 Å². The molecule has 0 amide bonds. The van der Waals surface area contributed by atoms with Crippen molar-refractivity contribution in [2.45, 2.75) is 39.8 Å². The molecule has 1 aromatic rings. The first kappa shape index (κ1) is 13.0. The molecular formula is C13H23N3. The fraction of sp³-hybridized carbons (Fsp3) is 0.615. The van der Waals surface area contributed by atoms with Gasteiger partial charge in [0.15, 0.2) is 0 Å². The van der Waals surface area contributed by atoms with E-state index in [4.69, 9.17) is 0 Å². The number of aromatic nitrogens is 1. The van der Waals surface area contributed by atoms with Gasteiger partial charge in [0.05, 0.1) is 0 Å². The maximum absolute atomic E-state index is 4.38. The highest BCUT2D eigenvalue weighted by molar-refractivity contribution is 5.39. The number of nitrogens with zero attached hydrogens (tertiary/aromatic N) is 2. The number of pyridine rings is 1. The number of anilines is 1. The minimum atomic E-state index is 0.519. The Morgan fingerprint density at radius 1 is 1.44 bits per heavy atom. The van der Waals surface area contributed by atoms with Crippen molar-refractivity contribution >= 4 is 5.82 Å². The zero-order valence-electron chi connectivity index (χ0n) is 10.8. The lowest BCUT2D eigenvalue weighted by Crippen LogP contribution is -2.23. The highest BCUT2D eigenvalue weighted by Crippen LogP contribution is 2.11. The molecule has 90 valence electrons. The van der Waals surface area contributed by atoms with Crippen LogP contribution in [0.5, 0.6) is 0 Å². The fourth-order valence-electron chi connectivity index (χ4n) is 1.55. The molecule has 0 spiro atoms. The third-order valence-corrected chi connectivity index (χ3v) is 2.47. The molecule has 0 bridgehead atoms. The van der Waals surface area contributed by atoms with E-state index < -0.39 is 0 Å². The molecule has 1 rings (SSSR count). The lowest BCUT2D eigenvalue weighted by atomic mass is 10.2. The number of nitrogens with one attached hydrogen (secondary N) is 1. The fourth-order valence-corrected chi connectivity index (χ4v) is 1.55. The highest BCUT2D eigenvalue weighted by atomic mass is 15.2. The molecule has 0 aromatic carbocycles. The van der Waals surface area contributed by atoms with Gasteiger partial charge in [-0.25, -0.2) is 4.98 Å². The van der Waals surface area contributed by atoms with Crippen LogP contribution in [0.15, 0.2) is 18.3 Å². The first-order valence-corrected chi connectivity index (χ1v) is 6.03. The Bertz CT molecular complexity index is 310. The normalized spacial score (nSPS) is 10.8. The van der Waals surface area contributed by atoms with Gasteiger partial charge < -0.3 is 10.2 Å². The SMILES string of the molecule is CCCN(C)c1cc(CNC(C)C)ccn1. The van der Waals surface area contributed by atoms with E-state index in [1.54, 1.807) is 0 Å². The Hall–Kier alpha value is -1.09. The van der Waals surface area contributed by atoms with Gasteiger partial charge in [0, 0.05) is 32.4 Å². The first-order chi connectivity index (χ1) is 7.63. The van der Waals surface area contributed by atoms with Crippen LogP contribution in [0.1, 0.15) is 32.8 Å². The van der Waals surface area contributed by atoms with E-state index >= 15 is 0 Å². The van der Waals surface area contributed by atoms with E-state index in [1.807, 2.05) is 6.20 Å². The average Bonchev–Trinajstić information content (AvgIpc) is 2.27. The molecule has 16 heavy (non-hydrogen) atoms. The summed E-state index contributed by atoms with van der Waals surface area (Å²) in [5.74, 6) is 1.06. The minimum absolute atomic E-state index is 0.519. The van der Waals surface area contributed by atoms with E-state index in [-0.39, 0.29) is 0 Å². The topological polar surface area (TPSA) is 28.2 Å². The van der Waals surface area contributed by atoms with Crippen molar-refractivity contribution in [1.82, 2.24) is 10.3 Å². The molecule has 0 atom stereocenters. The molecule has 0 aliphatic rings. The zero-order chi connectivity index (χ0) is 12.0. The Morgan fingerprint density at radius 2 is 2.19 bits per heavy atom. The number of hydrogen-bond donors (Lipinski definition) is 1. The molecule has 0 saturated carbocycles. The third kappa shape index (κ3) is 4.19. The molecule has 0 fully saturated rings. The van der Waals surface area contributed by atoms with Gasteiger partial charge in [-0.1, -0.05) is 20.8 Å². The van der Waals surface area contributed by atoms with Crippen molar-refractivity contribution in [2.75, 3.05) is 18.5 Å². The largest absolute Gasteiger partial charge is 0.360 e. The minimum Gasteiger partial charge on any atom is -0.360 e. The van der Waals surface area contributed by atoms with Gasteiger partial charge >= 0.3 is 0 Å². The van der Waals surface area contributed by atoms with Gasteiger partial charge in [-0.2, -0.15) is 0 Å². The van der Waals surface area contributed by atoms with Crippen molar-refractivity contribution in [3.63, 3.8) is 0 Å². The Morgan fingerprint density at radius 3 is 2.81 bits per heavy atom. The second-order valence-electron chi connectivity index (χ2n) is 4.48. The van der Waals surface area contributed by atoms with Crippen LogP contribution < -0.4 is 10.2 Å². The first-order valence-electron chi connectivity index (χ1n) is 6.03. The third-order valence-electron chi connectivity index (χ3n) is 2.47. The second-order valence-corrected chi connectivity index (χ2v) is 4.48. The summed E-state index contributed by atoms with van der Waals surface area (Å²) >= 11 is 0. The molecule has 1 N–H and O–H groups in total. The summed E-state index contributed by atoms with van der Waals surface area (Å²) in [4.78, 5) is 6.58. The molecular weight excluding hydrogens is 198 g/mol. The zero-order valence-corrected chi connectivity index (χ0v) is 10.8. The van der Waals surface area contributed by atoms with Crippen LogP contribution in [-0.4, -0.2) is 24.6 Å². The highest BCUT2D eigenvalue weighted by Gasteiger charge is 2.02. The van der Waals surface area contributed by atoms with Crippen LogP contribution >= 0.6 is 0 Å². The second kappa shape index (κ2) is 6.48. The Labute approximate surface area is 98.9 Å². The predicted octanol–water partition coefficient (Wildman–Crippen LogP) is 2.43. The molecule has 1 aromatic heterocycles. The van der Waals surface area contributed by atoms with E-state index in [0.717, 1.165) is 25.3 Å². The van der Waals surface area contributed by atoms with E-state index in [2.05, 4.69) is 55.2 Å². The van der Waals surface area contributed by atoms with E-state index in [1.165, 1.54) is 5.56 Å². The van der Waals surface area contributed by atoms with Crippen LogP contribution in [0.2, 0.25) is 0 Å². The van der Waals surface area contributed by atoms with Gasteiger partial charge in [0.1, 0.15) is 5.82 Å². The van der Waals surface area contributed by atoms with Crippen molar-refractivity contribution in [3.8, 4) is 0 Å². The summed E-state index contributed by atoms with van der Waals surface area (Å²) < 4.78 is 0. The average molecular weight is 221 g/mol. The van der Waals surface area contributed by atoms with Crippen molar-refractivity contribution < 1.29 is 0 Å². The molecule has 3 nitrogen and oxygen atoms in total. The van der Waals surface area contributed by atoms with Crippen molar-refractivity contribution in [1.29, 1.82) is 0 Å². The number of rotatable bonds is 6. The summed E-state index contributed by atoms with van der Waals surface area (Å²) in [6.07, 6.45) is 3.03. The van der Waals surface area contributed by atoms with E-state index in [9.17, 15) is 0 Å². The molecule has 0 unspecified atom stereocenters. The van der Waals surface area contributed by atoms with Gasteiger partial charge in [-0.3, -0.25) is 0 Å². The van der Waals surface area contributed by atoms with Crippen LogP contribution in [0.4, 0.5) is 5.82 Å². The summed E-state index contributed by atoms with van der Waals surface area (Å²) in [7, 11) is 2.09.